The van der Waals surface area contributed by atoms with Gasteiger partial charge in [0.15, 0.2) is 5.16 Å². The number of hydrogen-bond donors (Lipinski definition) is 1. The molecule has 3 aromatic rings. The van der Waals surface area contributed by atoms with Crippen molar-refractivity contribution in [2.45, 2.75) is 39.3 Å². The Morgan fingerprint density at radius 3 is 2.44 bits per heavy atom. The van der Waals surface area contributed by atoms with Crippen LogP contribution in [0.1, 0.15) is 29.4 Å². The van der Waals surface area contributed by atoms with Gasteiger partial charge < -0.3 is 5.32 Å². The summed E-state index contributed by atoms with van der Waals surface area (Å²) in [5.74, 6) is 1.02. The summed E-state index contributed by atoms with van der Waals surface area (Å²) in [6.07, 6.45) is 1.00. The maximum absolute atomic E-state index is 12.3. The number of hydrogen-bond acceptors (Lipinski definition) is 4. The van der Waals surface area contributed by atoms with E-state index < -0.39 is 0 Å². The SMILES string of the molecule is CCc1ccc(-n2c(C)nnc2SCC(=O)Nc2ccc(C)c(C)c2)cc1. The van der Waals surface area contributed by atoms with Crippen LogP contribution < -0.4 is 5.32 Å². The quantitative estimate of drug-likeness (QED) is 0.640. The van der Waals surface area contributed by atoms with Gasteiger partial charge in [-0.25, -0.2) is 0 Å². The second kappa shape index (κ2) is 8.39. The van der Waals surface area contributed by atoms with Crippen LogP contribution in [0.3, 0.4) is 0 Å². The van der Waals surface area contributed by atoms with Crippen molar-refractivity contribution in [2.75, 3.05) is 11.1 Å². The highest BCUT2D eigenvalue weighted by Gasteiger charge is 2.13. The molecule has 0 fully saturated rings. The molecule has 0 aliphatic rings. The van der Waals surface area contributed by atoms with Gasteiger partial charge in [0.2, 0.25) is 5.91 Å². The van der Waals surface area contributed by atoms with Crippen LogP contribution in [0.25, 0.3) is 5.69 Å². The van der Waals surface area contributed by atoms with Crippen molar-refractivity contribution in [3.05, 3.63) is 65.0 Å². The zero-order valence-electron chi connectivity index (χ0n) is 16.1. The van der Waals surface area contributed by atoms with Crippen molar-refractivity contribution >= 4 is 23.4 Å². The Kier molecular flexibility index (Phi) is 5.96. The normalized spacial score (nSPS) is 10.8. The summed E-state index contributed by atoms with van der Waals surface area (Å²) >= 11 is 1.38. The van der Waals surface area contributed by atoms with Gasteiger partial charge in [0.05, 0.1) is 5.75 Å². The zero-order valence-corrected chi connectivity index (χ0v) is 16.9. The molecule has 1 amide bonds. The van der Waals surface area contributed by atoms with E-state index in [0.717, 1.165) is 29.2 Å². The van der Waals surface area contributed by atoms with Gasteiger partial charge in [-0.3, -0.25) is 9.36 Å². The first-order valence-corrected chi connectivity index (χ1v) is 9.97. The molecule has 0 aliphatic carbocycles. The highest BCUT2D eigenvalue weighted by molar-refractivity contribution is 7.99. The van der Waals surface area contributed by atoms with E-state index in [1.807, 2.05) is 36.6 Å². The number of rotatable bonds is 6. The smallest absolute Gasteiger partial charge is 0.234 e. The third-order valence-corrected chi connectivity index (χ3v) is 5.45. The minimum Gasteiger partial charge on any atom is -0.325 e. The molecule has 0 spiro atoms. The molecule has 1 N–H and O–H groups in total. The molecular formula is C21H24N4OS. The topological polar surface area (TPSA) is 59.8 Å². The monoisotopic (exact) mass is 380 g/mol. The van der Waals surface area contributed by atoms with Crippen LogP contribution in [-0.2, 0) is 11.2 Å². The summed E-state index contributed by atoms with van der Waals surface area (Å²) in [5, 5.41) is 12.1. The number of carbonyl (C=O) groups excluding carboxylic acids is 1. The van der Waals surface area contributed by atoms with E-state index in [-0.39, 0.29) is 11.7 Å². The second-order valence-electron chi connectivity index (χ2n) is 6.52. The lowest BCUT2D eigenvalue weighted by Gasteiger charge is -2.10. The van der Waals surface area contributed by atoms with Crippen LogP contribution in [0.2, 0.25) is 0 Å². The van der Waals surface area contributed by atoms with Crippen LogP contribution in [-0.4, -0.2) is 26.4 Å². The van der Waals surface area contributed by atoms with Crippen molar-refractivity contribution in [3.8, 4) is 5.69 Å². The number of thioether (sulfide) groups is 1. The summed E-state index contributed by atoms with van der Waals surface area (Å²) in [7, 11) is 0. The van der Waals surface area contributed by atoms with Gasteiger partial charge in [-0.05, 0) is 68.1 Å². The van der Waals surface area contributed by atoms with Crippen molar-refractivity contribution in [2.24, 2.45) is 0 Å². The largest absolute Gasteiger partial charge is 0.325 e. The summed E-state index contributed by atoms with van der Waals surface area (Å²) in [4.78, 5) is 12.3. The molecule has 0 bridgehead atoms. The van der Waals surface area contributed by atoms with Gasteiger partial charge >= 0.3 is 0 Å². The first-order valence-electron chi connectivity index (χ1n) is 8.99. The Morgan fingerprint density at radius 1 is 1.04 bits per heavy atom. The van der Waals surface area contributed by atoms with Crippen molar-refractivity contribution in [1.82, 2.24) is 14.8 Å². The van der Waals surface area contributed by atoms with Gasteiger partial charge in [-0.1, -0.05) is 36.9 Å². The molecule has 0 atom stereocenters. The Hall–Kier alpha value is -2.60. The second-order valence-corrected chi connectivity index (χ2v) is 7.46. The van der Waals surface area contributed by atoms with Gasteiger partial charge in [-0.15, -0.1) is 10.2 Å². The van der Waals surface area contributed by atoms with E-state index in [0.29, 0.717) is 5.16 Å². The van der Waals surface area contributed by atoms with Crippen LogP contribution in [0.4, 0.5) is 5.69 Å². The molecule has 2 aromatic carbocycles. The van der Waals surface area contributed by atoms with Crippen LogP contribution >= 0.6 is 11.8 Å². The van der Waals surface area contributed by atoms with Crippen molar-refractivity contribution in [1.29, 1.82) is 0 Å². The number of carbonyl (C=O) groups is 1. The number of anilines is 1. The van der Waals surface area contributed by atoms with E-state index >= 15 is 0 Å². The maximum Gasteiger partial charge on any atom is 0.234 e. The van der Waals surface area contributed by atoms with E-state index in [4.69, 9.17) is 0 Å². The van der Waals surface area contributed by atoms with Crippen molar-refractivity contribution in [3.63, 3.8) is 0 Å². The molecule has 0 saturated heterocycles. The van der Waals surface area contributed by atoms with Crippen LogP contribution in [0.5, 0.6) is 0 Å². The van der Waals surface area contributed by atoms with E-state index in [1.54, 1.807) is 0 Å². The summed E-state index contributed by atoms with van der Waals surface area (Å²) in [5.41, 5.74) is 5.47. The van der Waals surface area contributed by atoms with E-state index in [1.165, 1.54) is 22.9 Å². The Balaban J connectivity index is 1.69. The average Bonchev–Trinajstić information content (AvgIpc) is 3.03. The minimum atomic E-state index is -0.0585. The lowest BCUT2D eigenvalue weighted by Crippen LogP contribution is -2.14. The van der Waals surface area contributed by atoms with Gasteiger partial charge in [-0.2, -0.15) is 0 Å². The number of amides is 1. The number of benzene rings is 2. The molecule has 0 radical (unpaired) electrons. The third kappa shape index (κ3) is 4.57. The molecule has 140 valence electrons. The third-order valence-electron chi connectivity index (χ3n) is 4.52. The Bertz CT molecular complexity index is 947. The number of nitrogens with one attached hydrogen (secondary N) is 1. The summed E-state index contributed by atoms with van der Waals surface area (Å²) in [6, 6.07) is 14.3. The molecule has 5 nitrogen and oxygen atoms in total. The molecule has 27 heavy (non-hydrogen) atoms. The lowest BCUT2D eigenvalue weighted by atomic mass is 10.1. The highest BCUT2D eigenvalue weighted by atomic mass is 32.2. The predicted octanol–water partition coefficient (Wildman–Crippen LogP) is 4.49. The molecule has 0 saturated carbocycles. The van der Waals surface area contributed by atoms with Crippen LogP contribution in [0.15, 0.2) is 47.6 Å². The molecule has 6 heteroatoms. The molecule has 1 aromatic heterocycles. The lowest BCUT2D eigenvalue weighted by molar-refractivity contribution is -0.113. The zero-order chi connectivity index (χ0) is 19.4. The summed E-state index contributed by atoms with van der Waals surface area (Å²) < 4.78 is 1.98. The first-order chi connectivity index (χ1) is 13.0. The fourth-order valence-corrected chi connectivity index (χ4v) is 3.56. The Labute approximate surface area is 164 Å². The molecule has 0 aliphatic heterocycles. The van der Waals surface area contributed by atoms with Gasteiger partial charge in [0.25, 0.3) is 0 Å². The molecule has 0 unspecified atom stereocenters. The fourth-order valence-electron chi connectivity index (χ4n) is 2.76. The fraction of sp³-hybridized carbons (Fsp3) is 0.286. The number of aromatic nitrogens is 3. The molecule has 3 rings (SSSR count). The van der Waals surface area contributed by atoms with Crippen LogP contribution in [0, 0.1) is 20.8 Å². The number of aryl methyl sites for hydroxylation is 4. The van der Waals surface area contributed by atoms with E-state index in [2.05, 4.69) is 53.6 Å². The average molecular weight is 381 g/mol. The minimum absolute atomic E-state index is 0.0585. The summed E-state index contributed by atoms with van der Waals surface area (Å²) in [6.45, 7) is 8.14. The molecular weight excluding hydrogens is 356 g/mol. The Morgan fingerprint density at radius 2 is 1.78 bits per heavy atom. The van der Waals surface area contributed by atoms with E-state index in [9.17, 15) is 4.79 Å². The first kappa shape index (κ1) is 19.2. The standard InChI is InChI=1S/C21H24N4OS/c1-5-17-7-10-19(11-8-17)25-16(4)23-24-21(25)27-13-20(26)22-18-9-6-14(2)15(3)12-18/h6-12H,5,13H2,1-4H3,(H,22,26). The maximum atomic E-state index is 12.3. The predicted molar refractivity (Wildman–Crippen MR) is 111 cm³/mol. The molecule has 1 heterocycles. The number of nitrogens with zero attached hydrogens (tertiary/aromatic N) is 3. The highest BCUT2D eigenvalue weighted by Crippen LogP contribution is 2.23. The van der Waals surface area contributed by atoms with Crippen molar-refractivity contribution < 1.29 is 4.79 Å². The van der Waals surface area contributed by atoms with Gasteiger partial charge in [0, 0.05) is 11.4 Å². The van der Waals surface area contributed by atoms with Gasteiger partial charge in [0.1, 0.15) is 5.82 Å².